The molecule has 0 aliphatic heterocycles. The third-order valence-corrected chi connectivity index (χ3v) is 2.71. The molecule has 0 aliphatic rings. The zero-order valence-electron chi connectivity index (χ0n) is 9.50. The highest BCUT2D eigenvalue weighted by molar-refractivity contribution is 9.10. The molecule has 0 aliphatic carbocycles. The molecule has 2 N–H and O–H groups in total. The Morgan fingerprint density at radius 3 is 2.74 bits per heavy atom. The van der Waals surface area contributed by atoms with Gasteiger partial charge in [-0.1, -0.05) is 0 Å². The van der Waals surface area contributed by atoms with Crippen molar-refractivity contribution in [3.05, 3.63) is 34.5 Å². The molecule has 9 heteroatoms. The van der Waals surface area contributed by atoms with Crippen LogP contribution in [0.15, 0.2) is 23.1 Å². The Morgan fingerprint density at radius 1 is 1.32 bits per heavy atom. The minimum atomic E-state index is -4.45. The van der Waals surface area contributed by atoms with Crippen molar-refractivity contribution < 1.29 is 13.2 Å². The van der Waals surface area contributed by atoms with Crippen LogP contribution in [0.2, 0.25) is 0 Å². The minimum Gasteiger partial charge on any atom is -0.369 e. The smallest absolute Gasteiger partial charge is 0.369 e. The first-order valence-electron chi connectivity index (χ1n) is 5.27. The second-order valence-electron chi connectivity index (χ2n) is 3.66. The number of aromatic amines is 1. The van der Waals surface area contributed by atoms with Gasteiger partial charge in [-0.3, -0.25) is 5.10 Å². The van der Waals surface area contributed by atoms with E-state index >= 15 is 0 Å². The first-order valence-corrected chi connectivity index (χ1v) is 6.07. The average molecular weight is 336 g/mol. The molecule has 0 saturated heterocycles. The monoisotopic (exact) mass is 335 g/mol. The number of aromatic nitrogens is 4. The van der Waals surface area contributed by atoms with Crippen molar-refractivity contribution in [2.24, 2.45) is 0 Å². The fourth-order valence-corrected chi connectivity index (χ4v) is 1.78. The van der Waals surface area contributed by atoms with Gasteiger partial charge >= 0.3 is 6.18 Å². The summed E-state index contributed by atoms with van der Waals surface area (Å²) in [6, 6.07) is 0.990. The second-order valence-corrected chi connectivity index (χ2v) is 4.57. The number of rotatable bonds is 4. The van der Waals surface area contributed by atoms with Crippen molar-refractivity contribution in [1.29, 1.82) is 0 Å². The van der Waals surface area contributed by atoms with Crippen molar-refractivity contribution in [3.63, 3.8) is 0 Å². The van der Waals surface area contributed by atoms with Crippen molar-refractivity contribution >= 4 is 21.7 Å². The van der Waals surface area contributed by atoms with Gasteiger partial charge in [0.05, 0.1) is 5.56 Å². The van der Waals surface area contributed by atoms with E-state index in [9.17, 15) is 13.2 Å². The maximum Gasteiger partial charge on any atom is 0.419 e. The Bertz CT molecular complexity index is 541. The van der Waals surface area contributed by atoms with Crippen LogP contribution in [-0.2, 0) is 12.6 Å². The highest BCUT2D eigenvalue weighted by Gasteiger charge is 2.34. The summed E-state index contributed by atoms with van der Waals surface area (Å²) in [6.07, 6.45) is -1.37. The van der Waals surface area contributed by atoms with Gasteiger partial charge in [0.15, 0.2) is 0 Å². The molecule has 2 aromatic heterocycles. The van der Waals surface area contributed by atoms with Crippen LogP contribution in [0, 0.1) is 0 Å². The molecule has 5 nitrogen and oxygen atoms in total. The number of anilines is 1. The van der Waals surface area contributed by atoms with Gasteiger partial charge in [-0.05, 0) is 22.0 Å². The molecule has 102 valence electrons. The highest BCUT2D eigenvalue weighted by atomic mass is 79.9. The first-order chi connectivity index (χ1) is 8.97. The molecular formula is C10H9BrF3N5. The standard InChI is InChI=1S/C10H9BrF3N5/c11-6-3-7(10(12,13)14)9(16-4-6)15-2-1-8-17-5-18-19-8/h3-5H,1-2H2,(H,15,16)(H,17,18,19). The number of pyridine rings is 1. The van der Waals surface area contributed by atoms with E-state index in [2.05, 4.69) is 41.4 Å². The van der Waals surface area contributed by atoms with Crippen molar-refractivity contribution in [2.75, 3.05) is 11.9 Å². The van der Waals surface area contributed by atoms with Crippen LogP contribution >= 0.6 is 15.9 Å². The van der Waals surface area contributed by atoms with Crippen LogP contribution in [0.3, 0.4) is 0 Å². The molecule has 0 amide bonds. The van der Waals surface area contributed by atoms with E-state index < -0.39 is 11.7 Å². The molecule has 0 fully saturated rings. The lowest BCUT2D eigenvalue weighted by atomic mass is 10.2. The number of H-pyrrole nitrogens is 1. The van der Waals surface area contributed by atoms with E-state index in [4.69, 9.17) is 0 Å². The first kappa shape index (κ1) is 13.8. The summed E-state index contributed by atoms with van der Waals surface area (Å²) < 4.78 is 38.7. The van der Waals surface area contributed by atoms with Gasteiger partial charge in [0.25, 0.3) is 0 Å². The molecule has 2 rings (SSSR count). The van der Waals surface area contributed by atoms with Crippen molar-refractivity contribution in [1.82, 2.24) is 20.2 Å². The maximum absolute atomic E-state index is 12.8. The molecule has 0 spiro atoms. The van der Waals surface area contributed by atoms with E-state index in [1.54, 1.807) is 0 Å². The van der Waals surface area contributed by atoms with Crippen molar-refractivity contribution in [2.45, 2.75) is 12.6 Å². The predicted molar refractivity (Wildman–Crippen MR) is 65.5 cm³/mol. The average Bonchev–Trinajstić information content (AvgIpc) is 2.83. The summed E-state index contributed by atoms with van der Waals surface area (Å²) >= 11 is 2.97. The highest BCUT2D eigenvalue weighted by Crippen LogP contribution is 2.35. The minimum absolute atomic E-state index is 0.199. The Labute approximate surface area is 114 Å². The van der Waals surface area contributed by atoms with E-state index in [1.807, 2.05) is 0 Å². The van der Waals surface area contributed by atoms with Gasteiger partial charge in [0.2, 0.25) is 0 Å². The molecule has 0 saturated carbocycles. The summed E-state index contributed by atoms with van der Waals surface area (Å²) in [4.78, 5) is 7.62. The normalized spacial score (nSPS) is 11.6. The molecule has 0 atom stereocenters. The fourth-order valence-electron chi connectivity index (χ4n) is 1.45. The van der Waals surface area contributed by atoms with Crippen LogP contribution in [0.5, 0.6) is 0 Å². The predicted octanol–water partition coefficient (Wildman–Crippen LogP) is 2.64. The van der Waals surface area contributed by atoms with Gasteiger partial charge in [-0.25, -0.2) is 9.97 Å². The van der Waals surface area contributed by atoms with Gasteiger partial charge in [-0.15, -0.1) is 0 Å². The van der Waals surface area contributed by atoms with Crippen LogP contribution < -0.4 is 5.32 Å². The van der Waals surface area contributed by atoms with E-state index in [1.165, 1.54) is 12.5 Å². The third kappa shape index (κ3) is 3.66. The van der Waals surface area contributed by atoms with E-state index in [0.717, 1.165) is 6.07 Å². The lowest BCUT2D eigenvalue weighted by molar-refractivity contribution is -0.137. The zero-order valence-corrected chi connectivity index (χ0v) is 11.1. The van der Waals surface area contributed by atoms with Gasteiger partial charge < -0.3 is 5.32 Å². The largest absolute Gasteiger partial charge is 0.419 e. The topological polar surface area (TPSA) is 66.5 Å². The van der Waals surface area contributed by atoms with Crippen LogP contribution in [0.1, 0.15) is 11.4 Å². The number of hydrogen-bond acceptors (Lipinski definition) is 4. The Balaban J connectivity index is 2.07. The Kier molecular flexibility index (Phi) is 4.03. The molecule has 0 unspecified atom stereocenters. The zero-order chi connectivity index (χ0) is 13.9. The number of nitrogens with zero attached hydrogens (tertiary/aromatic N) is 3. The fraction of sp³-hybridized carbons (Fsp3) is 0.300. The number of hydrogen-bond donors (Lipinski definition) is 2. The number of halogens is 4. The third-order valence-electron chi connectivity index (χ3n) is 2.28. The summed E-state index contributed by atoms with van der Waals surface area (Å²) in [5, 5.41) is 8.92. The molecular weight excluding hydrogens is 327 g/mol. The lowest BCUT2D eigenvalue weighted by Crippen LogP contribution is -2.14. The Morgan fingerprint density at radius 2 is 2.11 bits per heavy atom. The van der Waals surface area contributed by atoms with Crippen molar-refractivity contribution in [3.8, 4) is 0 Å². The molecule has 2 heterocycles. The van der Waals surface area contributed by atoms with Gasteiger partial charge in [-0.2, -0.15) is 18.3 Å². The maximum atomic E-state index is 12.8. The van der Waals surface area contributed by atoms with Crippen LogP contribution in [0.25, 0.3) is 0 Å². The SMILES string of the molecule is FC(F)(F)c1cc(Br)cnc1NCCc1ncn[nH]1. The quantitative estimate of drug-likeness (QED) is 0.901. The van der Waals surface area contributed by atoms with E-state index in [-0.39, 0.29) is 16.8 Å². The van der Waals surface area contributed by atoms with Crippen LogP contribution in [-0.4, -0.2) is 26.7 Å². The molecule has 0 radical (unpaired) electrons. The summed E-state index contributed by atoms with van der Waals surface area (Å²) in [5.74, 6) is 0.397. The van der Waals surface area contributed by atoms with Crippen LogP contribution in [0.4, 0.5) is 19.0 Å². The second kappa shape index (κ2) is 5.55. The summed E-state index contributed by atoms with van der Waals surface area (Å²) in [6.45, 7) is 0.271. The van der Waals surface area contributed by atoms with E-state index in [0.29, 0.717) is 12.2 Å². The molecule has 0 aromatic carbocycles. The van der Waals surface area contributed by atoms with Gasteiger partial charge in [0, 0.05) is 23.6 Å². The lowest BCUT2D eigenvalue weighted by Gasteiger charge is -2.13. The molecule has 0 bridgehead atoms. The van der Waals surface area contributed by atoms with Gasteiger partial charge in [0.1, 0.15) is 18.0 Å². The number of nitrogens with one attached hydrogen (secondary N) is 2. The summed E-state index contributed by atoms with van der Waals surface area (Å²) in [5.41, 5.74) is -0.806. The number of alkyl halides is 3. The Hall–Kier alpha value is -1.64. The summed E-state index contributed by atoms with van der Waals surface area (Å²) in [7, 11) is 0. The molecule has 19 heavy (non-hydrogen) atoms. The molecule has 2 aromatic rings.